The summed E-state index contributed by atoms with van der Waals surface area (Å²) in [4.78, 5) is 25.8. The summed E-state index contributed by atoms with van der Waals surface area (Å²) in [6.45, 7) is 5.41. The number of hydrogen-bond acceptors (Lipinski definition) is 8. The predicted molar refractivity (Wildman–Crippen MR) is 99.5 cm³/mol. The van der Waals surface area contributed by atoms with Gasteiger partial charge in [-0.15, -0.1) is 0 Å². The van der Waals surface area contributed by atoms with Crippen molar-refractivity contribution < 1.29 is 39.5 Å². The highest BCUT2D eigenvalue weighted by atomic mass is 16.7. The van der Waals surface area contributed by atoms with E-state index in [2.05, 4.69) is 0 Å². The summed E-state index contributed by atoms with van der Waals surface area (Å²) in [5.74, 6) is 0.182. The lowest BCUT2D eigenvalue weighted by atomic mass is 9.38. The SMILES string of the molecule is C[C@@H]1C(=O)C[C@H]2[C@@]13CC[C@@](C)(C(=O)C3)[C@]2(C)CO[C@@H]1O[C@H](CO)[C@@H](O)[C@H](O)[C@H]1O. The van der Waals surface area contributed by atoms with Crippen LogP contribution in [0.5, 0.6) is 0 Å². The predicted octanol–water partition coefficient (Wildman–Crippen LogP) is -0.206. The molecule has 10 atom stereocenters. The molecule has 1 spiro atoms. The van der Waals surface area contributed by atoms with E-state index in [-0.39, 0.29) is 35.4 Å². The normalized spacial score (nSPS) is 54.7. The molecule has 0 aromatic heterocycles. The van der Waals surface area contributed by atoms with Crippen molar-refractivity contribution in [1.29, 1.82) is 0 Å². The fourth-order valence-electron chi connectivity index (χ4n) is 6.64. The molecular formula is C21H32O8. The fraction of sp³-hybridized carbons (Fsp3) is 0.905. The average molecular weight is 412 g/mol. The Labute approximate surface area is 170 Å². The van der Waals surface area contributed by atoms with E-state index < -0.39 is 48.1 Å². The molecule has 1 saturated heterocycles. The monoisotopic (exact) mass is 412 g/mol. The highest BCUT2D eigenvalue weighted by molar-refractivity contribution is 5.93. The molecule has 5 aliphatic rings. The van der Waals surface area contributed by atoms with E-state index in [0.717, 1.165) is 6.42 Å². The van der Waals surface area contributed by atoms with Crippen LogP contribution in [0.2, 0.25) is 0 Å². The van der Waals surface area contributed by atoms with Gasteiger partial charge >= 0.3 is 0 Å². The quantitative estimate of drug-likeness (QED) is 0.499. The number of fused-ring (bicyclic) bond motifs is 2. The number of Topliss-reactive ketones (excluding diaryl/α,β-unsaturated/α-hetero) is 2. The lowest BCUT2D eigenvalue weighted by molar-refractivity contribution is -0.314. The van der Waals surface area contributed by atoms with Gasteiger partial charge < -0.3 is 29.9 Å². The van der Waals surface area contributed by atoms with Crippen molar-refractivity contribution in [3.8, 4) is 0 Å². The number of carbonyl (C=O) groups is 2. The van der Waals surface area contributed by atoms with Crippen molar-refractivity contribution in [2.45, 2.75) is 77.2 Å². The van der Waals surface area contributed by atoms with E-state index >= 15 is 0 Å². The number of rotatable bonds is 4. The van der Waals surface area contributed by atoms with Crippen molar-refractivity contribution in [2.75, 3.05) is 13.2 Å². The van der Waals surface area contributed by atoms with Gasteiger partial charge in [0.25, 0.3) is 0 Å². The molecule has 4 N–H and O–H groups in total. The third-order valence-corrected chi connectivity index (χ3v) is 9.07. The first-order chi connectivity index (χ1) is 13.5. The maximum atomic E-state index is 13.1. The highest BCUT2D eigenvalue weighted by Gasteiger charge is 2.72. The topological polar surface area (TPSA) is 134 Å². The zero-order chi connectivity index (χ0) is 21.4. The average Bonchev–Trinajstić information content (AvgIpc) is 2.94. The molecule has 1 heterocycles. The number of ketones is 2. The van der Waals surface area contributed by atoms with Gasteiger partial charge in [-0.2, -0.15) is 0 Å². The summed E-state index contributed by atoms with van der Waals surface area (Å²) in [6, 6.07) is 0. The van der Waals surface area contributed by atoms with Gasteiger partial charge in [0.15, 0.2) is 6.29 Å². The second-order valence-corrected chi connectivity index (χ2v) is 10.0. The van der Waals surface area contributed by atoms with Gasteiger partial charge in [0, 0.05) is 29.6 Å². The smallest absolute Gasteiger partial charge is 0.186 e. The highest BCUT2D eigenvalue weighted by Crippen LogP contribution is 2.72. The number of ether oxygens (including phenoxy) is 2. The maximum Gasteiger partial charge on any atom is 0.186 e. The summed E-state index contributed by atoms with van der Waals surface area (Å²) >= 11 is 0. The first kappa shape index (κ1) is 21.3. The molecule has 164 valence electrons. The third kappa shape index (κ3) is 2.66. The summed E-state index contributed by atoms with van der Waals surface area (Å²) in [5, 5.41) is 39.6. The van der Waals surface area contributed by atoms with Crippen molar-refractivity contribution >= 4 is 11.6 Å². The summed E-state index contributed by atoms with van der Waals surface area (Å²) in [6.07, 6.45) is -4.37. The van der Waals surface area contributed by atoms with Crippen LogP contribution in [0, 0.1) is 28.1 Å². The Bertz CT molecular complexity index is 709. The molecule has 29 heavy (non-hydrogen) atoms. The van der Waals surface area contributed by atoms with Crippen LogP contribution in [0.3, 0.4) is 0 Å². The minimum atomic E-state index is -1.52. The number of carbonyl (C=O) groups excluding carboxylic acids is 2. The van der Waals surface area contributed by atoms with Crippen LogP contribution < -0.4 is 0 Å². The Balaban J connectivity index is 1.60. The lowest BCUT2D eigenvalue weighted by Gasteiger charge is -2.64. The fourth-order valence-corrected chi connectivity index (χ4v) is 6.64. The molecule has 8 nitrogen and oxygen atoms in total. The molecule has 0 aromatic rings. The molecule has 2 bridgehead atoms. The summed E-state index contributed by atoms with van der Waals surface area (Å²) in [7, 11) is 0. The van der Waals surface area contributed by atoms with Gasteiger partial charge in [-0.1, -0.05) is 20.8 Å². The number of aliphatic hydroxyl groups is 4. The largest absolute Gasteiger partial charge is 0.394 e. The van der Waals surface area contributed by atoms with Crippen LogP contribution in [0.15, 0.2) is 0 Å². The molecule has 4 aliphatic carbocycles. The van der Waals surface area contributed by atoms with Crippen LogP contribution in [0.4, 0.5) is 0 Å². The number of aliphatic hydroxyl groups excluding tert-OH is 4. The molecule has 8 heteroatoms. The van der Waals surface area contributed by atoms with E-state index in [0.29, 0.717) is 19.3 Å². The Morgan fingerprint density at radius 2 is 1.79 bits per heavy atom. The van der Waals surface area contributed by atoms with Gasteiger partial charge in [0.1, 0.15) is 36.0 Å². The van der Waals surface area contributed by atoms with Gasteiger partial charge in [-0.05, 0) is 24.2 Å². The molecule has 1 aliphatic heterocycles. The zero-order valence-corrected chi connectivity index (χ0v) is 17.2. The van der Waals surface area contributed by atoms with Gasteiger partial charge in [-0.3, -0.25) is 9.59 Å². The minimum absolute atomic E-state index is 0.00108. The van der Waals surface area contributed by atoms with E-state index in [9.17, 15) is 30.0 Å². The molecule has 0 amide bonds. The molecule has 5 rings (SSSR count). The molecule has 4 saturated carbocycles. The van der Waals surface area contributed by atoms with Crippen LogP contribution in [-0.2, 0) is 19.1 Å². The van der Waals surface area contributed by atoms with Gasteiger partial charge in [0.05, 0.1) is 13.2 Å². The number of hydrogen-bond donors (Lipinski definition) is 4. The second kappa shape index (κ2) is 6.80. The van der Waals surface area contributed by atoms with Crippen molar-refractivity contribution in [1.82, 2.24) is 0 Å². The third-order valence-electron chi connectivity index (χ3n) is 9.07. The van der Waals surface area contributed by atoms with Crippen LogP contribution in [-0.4, -0.2) is 75.9 Å². The molecule has 5 fully saturated rings. The van der Waals surface area contributed by atoms with E-state index in [4.69, 9.17) is 9.47 Å². The first-order valence-electron chi connectivity index (χ1n) is 10.5. The van der Waals surface area contributed by atoms with Gasteiger partial charge in [-0.25, -0.2) is 0 Å². The van der Waals surface area contributed by atoms with E-state index in [1.54, 1.807) is 0 Å². The standard InChI is InChI=1S/C21H32O8/c1-10-11(23)6-13-20(3,19(2)4-5-21(10,13)7-14(19)24)9-28-18-17(27)16(26)15(25)12(8-22)29-18/h10,12-13,15-18,22,25-27H,4-9H2,1-3H3/t10-,12-,13-,15-,16+,17-,18-,19+,20-,21-/m1/s1. The minimum Gasteiger partial charge on any atom is -0.394 e. The Hall–Kier alpha value is -0.900. The van der Waals surface area contributed by atoms with Crippen LogP contribution in [0.25, 0.3) is 0 Å². The molecule has 0 radical (unpaired) electrons. The lowest BCUT2D eigenvalue weighted by Crippen LogP contribution is -2.66. The van der Waals surface area contributed by atoms with E-state index in [1.807, 2.05) is 20.8 Å². The van der Waals surface area contributed by atoms with Crippen molar-refractivity contribution in [3.63, 3.8) is 0 Å². The Morgan fingerprint density at radius 3 is 2.41 bits per heavy atom. The molecule has 0 unspecified atom stereocenters. The molecule has 0 aromatic carbocycles. The van der Waals surface area contributed by atoms with Crippen molar-refractivity contribution in [2.24, 2.45) is 28.1 Å². The zero-order valence-electron chi connectivity index (χ0n) is 17.2. The first-order valence-corrected chi connectivity index (χ1v) is 10.5. The Morgan fingerprint density at radius 1 is 1.10 bits per heavy atom. The molecular weight excluding hydrogens is 380 g/mol. The summed E-state index contributed by atoms with van der Waals surface area (Å²) in [5.41, 5.74) is -1.60. The maximum absolute atomic E-state index is 13.1. The van der Waals surface area contributed by atoms with Gasteiger partial charge in [0.2, 0.25) is 0 Å². The van der Waals surface area contributed by atoms with Crippen LogP contribution in [0.1, 0.15) is 46.5 Å². The van der Waals surface area contributed by atoms with Crippen LogP contribution >= 0.6 is 0 Å². The van der Waals surface area contributed by atoms with E-state index in [1.165, 1.54) is 0 Å². The summed E-state index contributed by atoms with van der Waals surface area (Å²) < 4.78 is 11.4. The Kier molecular flexibility index (Phi) is 5.00. The second-order valence-electron chi connectivity index (χ2n) is 10.0. The van der Waals surface area contributed by atoms with Crippen molar-refractivity contribution in [3.05, 3.63) is 0 Å².